The van der Waals surface area contributed by atoms with Gasteiger partial charge >= 0.3 is 0 Å². The van der Waals surface area contributed by atoms with Crippen molar-refractivity contribution in [2.75, 3.05) is 0 Å². The number of carbonyl (C=O) groups excluding carboxylic acids is 1. The van der Waals surface area contributed by atoms with Crippen LogP contribution in [-0.4, -0.2) is 15.7 Å². The lowest BCUT2D eigenvalue weighted by atomic mass is 10.1. The van der Waals surface area contributed by atoms with E-state index in [1.807, 2.05) is 12.1 Å². The van der Waals surface area contributed by atoms with Gasteiger partial charge in [0.15, 0.2) is 0 Å². The van der Waals surface area contributed by atoms with Gasteiger partial charge in [0.05, 0.1) is 22.9 Å². The highest BCUT2D eigenvalue weighted by Gasteiger charge is 2.25. The number of hydrogen-bond donors (Lipinski definition) is 1. The predicted octanol–water partition coefficient (Wildman–Crippen LogP) is 6.18. The predicted molar refractivity (Wildman–Crippen MR) is 123 cm³/mol. The Bertz CT molecular complexity index is 1160. The van der Waals surface area contributed by atoms with E-state index in [1.165, 1.54) is 0 Å². The van der Waals surface area contributed by atoms with Gasteiger partial charge in [0.25, 0.3) is 0 Å². The molecule has 0 atom stereocenters. The van der Waals surface area contributed by atoms with Crippen molar-refractivity contribution in [3.8, 4) is 23.0 Å². The molecule has 1 aliphatic rings. The second-order valence-electron chi connectivity index (χ2n) is 7.50. The molecule has 1 aliphatic carbocycles. The molecule has 0 aliphatic heterocycles. The van der Waals surface area contributed by atoms with E-state index in [2.05, 4.69) is 16.5 Å². The molecule has 158 valence electrons. The van der Waals surface area contributed by atoms with Gasteiger partial charge in [-0.05, 0) is 43.2 Å². The van der Waals surface area contributed by atoms with Gasteiger partial charge in [-0.3, -0.25) is 4.79 Å². The van der Waals surface area contributed by atoms with E-state index < -0.39 is 0 Å². The summed E-state index contributed by atoms with van der Waals surface area (Å²) < 4.78 is 1.62. The van der Waals surface area contributed by atoms with Crippen LogP contribution in [-0.2, 0) is 11.3 Å². The lowest BCUT2D eigenvalue weighted by Crippen LogP contribution is -2.29. The summed E-state index contributed by atoms with van der Waals surface area (Å²) in [4.78, 5) is 12.5. The Balaban J connectivity index is 1.78. The zero-order chi connectivity index (χ0) is 22.0. The summed E-state index contributed by atoms with van der Waals surface area (Å²) >= 11 is 18.6. The van der Waals surface area contributed by atoms with Crippen LogP contribution >= 0.6 is 34.8 Å². The van der Waals surface area contributed by atoms with E-state index in [1.54, 1.807) is 35.0 Å². The normalized spacial score (nSPS) is 13.9. The fourth-order valence-corrected chi connectivity index (χ4v) is 4.52. The average Bonchev–Trinajstić information content (AvgIpc) is 3.41. The van der Waals surface area contributed by atoms with Gasteiger partial charge in [0.1, 0.15) is 17.3 Å². The van der Waals surface area contributed by atoms with Gasteiger partial charge in [0, 0.05) is 21.5 Å². The van der Waals surface area contributed by atoms with Crippen molar-refractivity contribution >= 4 is 40.7 Å². The first kappa shape index (κ1) is 21.7. The van der Waals surface area contributed by atoms with Crippen LogP contribution in [0.1, 0.15) is 36.9 Å². The molecule has 1 amide bonds. The molecule has 1 fully saturated rings. The number of hydrogen-bond acceptors (Lipinski definition) is 3. The highest BCUT2D eigenvalue weighted by molar-refractivity contribution is 6.35. The zero-order valence-electron chi connectivity index (χ0n) is 16.5. The monoisotopic (exact) mass is 472 g/mol. The maximum atomic E-state index is 12.5. The average molecular weight is 474 g/mol. The van der Waals surface area contributed by atoms with Crippen molar-refractivity contribution in [3.63, 3.8) is 0 Å². The number of rotatable bonds is 5. The van der Waals surface area contributed by atoms with Crippen molar-refractivity contribution in [1.29, 1.82) is 5.26 Å². The number of aromatic nitrogens is 2. The first-order valence-corrected chi connectivity index (χ1v) is 11.1. The Morgan fingerprint density at radius 3 is 2.42 bits per heavy atom. The molecule has 31 heavy (non-hydrogen) atoms. The first-order valence-electron chi connectivity index (χ1n) is 9.99. The number of nitrogens with zero attached hydrogens (tertiary/aromatic N) is 3. The van der Waals surface area contributed by atoms with Crippen molar-refractivity contribution in [3.05, 3.63) is 68.8 Å². The number of benzene rings is 2. The van der Waals surface area contributed by atoms with Gasteiger partial charge in [-0.2, -0.15) is 10.4 Å². The third-order valence-corrected chi connectivity index (χ3v) is 6.27. The third kappa shape index (κ3) is 4.57. The SMILES string of the molecule is N#Cc1c(CNC(=O)C2CCCC2)nn(-c2ccc(Cl)cc2Cl)c1-c1ccc(Cl)cc1. The van der Waals surface area contributed by atoms with Crippen LogP contribution < -0.4 is 5.32 Å². The van der Waals surface area contributed by atoms with Crippen LogP contribution in [0.2, 0.25) is 15.1 Å². The molecule has 1 aromatic heterocycles. The molecule has 0 unspecified atom stereocenters. The van der Waals surface area contributed by atoms with Crippen LogP contribution in [0, 0.1) is 17.2 Å². The van der Waals surface area contributed by atoms with Gasteiger partial charge < -0.3 is 5.32 Å². The summed E-state index contributed by atoms with van der Waals surface area (Å²) in [7, 11) is 0. The second kappa shape index (κ2) is 9.32. The highest BCUT2D eigenvalue weighted by atomic mass is 35.5. The van der Waals surface area contributed by atoms with E-state index in [0.717, 1.165) is 31.2 Å². The Morgan fingerprint density at radius 2 is 1.77 bits per heavy atom. The van der Waals surface area contributed by atoms with E-state index >= 15 is 0 Å². The number of carbonyl (C=O) groups is 1. The fourth-order valence-electron chi connectivity index (χ4n) is 3.91. The number of nitriles is 1. The molecule has 1 saturated carbocycles. The molecule has 0 saturated heterocycles. The molecule has 0 spiro atoms. The summed E-state index contributed by atoms with van der Waals surface area (Å²) in [6.07, 6.45) is 3.96. The highest BCUT2D eigenvalue weighted by Crippen LogP contribution is 2.33. The quantitative estimate of drug-likeness (QED) is 0.481. The van der Waals surface area contributed by atoms with Gasteiger partial charge in [-0.1, -0.05) is 59.8 Å². The lowest BCUT2D eigenvalue weighted by molar-refractivity contribution is -0.124. The maximum absolute atomic E-state index is 12.5. The minimum Gasteiger partial charge on any atom is -0.350 e. The largest absolute Gasteiger partial charge is 0.350 e. The Hall–Kier alpha value is -2.52. The molecule has 2 aromatic carbocycles. The second-order valence-corrected chi connectivity index (χ2v) is 8.78. The maximum Gasteiger partial charge on any atom is 0.223 e. The molecule has 0 bridgehead atoms. The third-order valence-electron chi connectivity index (χ3n) is 5.48. The fraction of sp³-hybridized carbons (Fsp3) is 0.261. The topological polar surface area (TPSA) is 70.7 Å². The van der Waals surface area contributed by atoms with Crippen LogP contribution in [0.4, 0.5) is 0 Å². The number of nitrogens with one attached hydrogen (secondary N) is 1. The van der Waals surface area contributed by atoms with Gasteiger partial charge in [-0.15, -0.1) is 0 Å². The molecule has 0 radical (unpaired) electrons. The summed E-state index contributed by atoms with van der Waals surface area (Å²) in [5.74, 6) is 0.0441. The molecule has 8 heteroatoms. The van der Waals surface area contributed by atoms with Crippen LogP contribution in [0.15, 0.2) is 42.5 Å². The molecular formula is C23H19Cl3N4O. The first-order chi connectivity index (χ1) is 15.0. The van der Waals surface area contributed by atoms with Crippen LogP contribution in [0.25, 0.3) is 16.9 Å². The standard InChI is InChI=1S/C23H19Cl3N4O/c24-16-7-5-14(6-8-16)22-18(12-27)20(13-28-23(31)15-3-1-2-4-15)29-30(22)21-10-9-17(25)11-19(21)26/h5-11,15H,1-4,13H2,(H,28,31). The molecule has 1 N–H and O–H groups in total. The van der Waals surface area contributed by atoms with E-state index in [-0.39, 0.29) is 18.4 Å². The van der Waals surface area contributed by atoms with Crippen molar-refractivity contribution < 1.29 is 4.79 Å². The van der Waals surface area contributed by atoms with E-state index in [9.17, 15) is 10.1 Å². The Kier molecular flexibility index (Phi) is 6.52. The van der Waals surface area contributed by atoms with Crippen molar-refractivity contribution in [2.45, 2.75) is 32.2 Å². The van der Waals surface area contributed by atoms with Crippen molar-refractivity contribution in [2.24, 2.45) is 5.92 Å². The Labute approximate surface area is 195 Å². The number of amides is 1. The van der Waals surface area contributed by atoms with Gasteiger partial charge in [-0.25, -0.2) is 4.68 Å². The molecule has 4 rings (SSSR count). The van der Waals surface area contributed by atoms with E-state index in [4.69, 9.17) is 34.8 Å². The molecular weight excluding hydrogens is 455 g/mol. The van der Waals surface area contributed by atoms with Crippen molar-refractivity contribution in [1.82, 2.24) is 15.1 Å². The summed E-state index contributed by atoms with van der Waals surface area (Å²) in [5.41, 5.74) is 2.77. The lowest BCUT2D eigenvalue weighted by Gasteiger charge is -2.10. The zero-order valence-corrected chi connectivity index (χ0v) is 18.8. The smallest absolute Gasteiger partial charge is 0.223 e. The molecule has 3 aromatic rings. The number of halogens is 3. The van der Waals surface area contributed by atoms with Gasteiger partial charge in [0.2, 0.25) is 5.91 Å². The van der Waals surface area contributed by atoms with E-state index in [0.29, 0.717) is 37.7 Å². The molecule has 1 heterocycles. The van der Waals surface area contributed by atoms with Crippen LogP contribution in [0.5, 0.6) is 0 Å². The minimum atomic E-state index is 0.00788. The van der Waals surface area contributed by atoms with Crippen LogP contribution in [0.3, 0.4) is 0 Å². The summed E-state index contributed by atoms with van der Waals surface area (Å²) in [6, 6.07) is 14.5. The minimum absolute atomic E-state index is 0.00788. The summed E-state index contributed by atoms with van der Waals surface area (Å²) in [5, 5.41) is 19.1. The molecule has 5 nitrogen and oxygen atoms in total. The summed E-state index contributed by atoms with van der Waals surface area (Å²) in [6.45, 7) is 0.164. The Morgan fingerprint density at radius 1 is 1.10 bits per heavy atom.